The van der Waals surface area contributed by atoms with E-state index in [4.69, 9.17) is 0 Å². The van der Waals surface area contributed by atoms with Gasteiger partial charge in [-0.05, 0) is 28.1 Å². The molecular weight excluding hydrogens is 230 g/mol. The molecule has 0 atom stereocenters. The van der Waals surface area contributed by atoms with Crippen LogP contribution in [-0.2, 0) is 0 Å². The summed E-state index contributed by atoms with van der Waals surface area (Å²) in [7, 11) is 0. The second-order valence-electron chi connectivity index (χ2n) is 3.06. The zero-order chi connectivity index (χ0) is 9.10. The SMILES string of the molecule is Brc1cccc(N2CCNCC2)n1. The third kappa shape index (κ3) is 2.19. The van der Waals surface area contributed by atoms with Crippen LogP contribution in [0, 0.1) is 0 Å². The predicted molar refractivity (Wildman–Crippen MR) is 57.0 cm³/mol. The molecule has 1 aromatic rings. The number of hydrogen-bond donors (Lipinski definition) is 1. The fourth-order valence-corrected chi connectivity index (χ4v) is 1.80. The van der Waals surface area contributed by atoms with Gasteiger partial charge >= 0.3 is 0 Å². The topological polar surface area (TPSA) is 28.2 Å². The van der Waals surface area contributed by atoms with E-state index in [9.17, 15) is 0 Å². The lowest BCUT2D eigenvalue weighted by atomic mass is 10.3. The zero-order valence-corrected chi connectivity index (χ0v) is 8.92. The van der Waals surface area contributed by atoms with E-state index >= 15 is 0 Å². The van der Waals surface area contributed by atoms with Crippen molar-refractivity contribution < 1.29 is 0 Å². The standard InChI is InChI=1S/C9H12BrN3/c10-8-2-1-3-9(12-8)13-6-4-11-5-7-13/h1-3,11H,4-7H2. The third-order valence-corrected chi connectivity index (χ3v) is 2.58. The van der Waals surface area contributed by atoms with Gasteiger partial charge in [0.1, 0.15) is 10.4 Å². The van der Waals surface area contributed by atoms with Crippen molar-refractivity contribution in [2.75, 3.05) is 31.1 Å². The van der Waals surface area contributed by atoms with Crippen molar-refractivity contribution in [1.82, 2.24) is 10.3 Å². The normalized spacial score (nSPS) is 17.5. The molecule has 1 aliphatic rings. The van der Waals surface area contributed by atoms with Crippen LogP contribution in [0.5, 0.6) is 0 Å². The summed E-state index contributed by atoms with van der Waals surface area (Å²) in [6, 6.07) is 6.02. The van der Waals surface area contributed by atoms with E-state index in [0.29, 0.717) is 0 Å². The van der Waals surface area contributed by atoms with Crippen molar-refractivity contribution in [1.29, 1.82) is 0 Å². The molecule has 13 heavy (non-hydrogen) atoms. The highest BCUT2D eigenvalue weighted by Gasteiger charge is 2.10. The minimum atomic E-state index is 0.906. The summed E-state index contributed by atoms with van der Waals surface area (Å²) in [5.41, 5.74) is 0. The Bertz CT molecular complexity index is 284. The van der Waals surface area contributed by atoms with Crippen LogP contribution in [0.25, 0.3) is 0 Å². The number of halogens is 1. The third-order valence-electron chi connectivity index (χ3n) is 2.14. The Kier molecular flexibility index (Phi) is 2.80. The molecule has 1 saturated heterocycles. The molecule has 0 radical (unpaired) electrons. The first-order valence-corrected chi connectivity index (χ1v) is 5.24. The van der Waals surface area contributed by atoms with Gasteiger partial charge in [0.05, 0.1) is 0 Å². The Morgan fingerprint density at radius 2 is 2.08 bits per heavy atom. The summed E-state index contributed by atoms with van der Waals surface area (Å²) >= 11 is 3.38. The number of hydrogen-bond acceptors (Lipinski definition) is 3. The van der Waals surface area contributed by atoms with E-state index < -0.39 is 0 Å². The molecule has 0 saturated carbocycles. The second kappa shape index (κ2) is 4.07. The van der Waals surface area contributed by atoms with E-state index in [1.165, 1.54) is 0 Å². The molecule has 1 fully saturated rings. The maximum absolute atomic E-state index is 4.41. The molecule has 0 bridgehead atoms. The summed E-state index contributed by atoms with van der Waals surface area (Å²) < 4.78 is 0.906. The number of nitrogens with zero attached hydrogens (tertiary/aromatic N) is 2. The fourth-order valence-electron chi connectivity index (χ4n) is 1.47. The van der Waals surface area contributed by atoms with E-state index in [0.717, 1.165) is 36.6 Å². The number of anilines is 1. The largest absolute Gasteiger partial charge is 0.354 e. The van der Waals surface area contributed by atoms with Gasteiger partial charge in [0.2, 0.25) is 0 Å². The molecule has 4 heteroatoms. The molecule has 0 spiro atoms. The lowest BCUT2D eigenvalue weighted by Gasteiger charge is -2.28. The molecule has 0 unspecified atom stereocenters. The van der Waals surface area contributed by atoms with Gasteiger partial charge in [0, 0.05) is 26.2 Å². The predicted octanol–water partition coefficient (Wildman–Crippen LogP) is 1.25. The zero-order valence-electron chi connectivity index (χ0n) is 7.33. The molecule has 3 nitrogen and oxygen atoms in total. The first-order chi connectivity index (χ1) is 6.36. The van der Waals surface area contributed by atoms with Crippen LogP contribution in [0.4, 0.5) is 5.82 Å². The van der Waals surface area contributed by atoms with Crippen molar-refractivity contribution >= 4 is 21.7 Å². The molecule has 1 aromatic heterocycles. The van der Waals surface area contributed by atoms with Crippen LogP contribution in [0.1, 0.15) is 0 Å². The lowest BCUT2D eigenvalue weighted by Crippen LogP contribution is -2.43. The monoisotopic (exact) mass is 241 g/mol. The fraction of sp³-hybridized carbons (Fsp3) is 0.444. The Morgan fingerprint density at radius 3 is 2.77 bits per heavy atom. The summed E-state index contributed by atoms with van der Waals surface area (Å²) in [6.07, 6.45) is 0. The Balaban J connectivity index is 2.14. The molecule has 70 valence electrons. The molecule has 2 heterocycles. The molecule has 1 N–H and O–H groups in total. The maximum Gasteiger partial charge on any atom is 0.129 e. The summed E-state index contributed by atoms with van der Waals surface area (Å²) in [4.78, 5) is 6.70. The number of pyridine rings is 1. The van der Waals surface area contributed by atoms with Crippen LogP contribution in [0.2, 0.25) is 0 Å². The smallest absolute Gasteiger partial charge is 0.129 e. The molecule has 2 rings (SSSR count). The minimum Gasteiger partial charge on any atom is -0.354 e. The average molecular weight is 242 g/mol. The highest BCUT2D eigenvalue weighted by molar-refractivity contribution is 9.10. The van der Waals surface area contributed by atoms with Gasteiger partial charge in [-0.1, -0.05) is 6.07 Å². The summed E-state index contributed by atoms with van der Waals surface area (Å²) in [6.45, 7) is 4.19. The average Bonchev–Trinajstić information content (AvgIpc) is 2.19. The molecular formula is C9H12BrN3. The number of rotatable bonds is 1. The first-order valence-electron chi connectivity index (χ1n) is 4.44. The second-order valence-corrected chi connectivity index (χ2v) is 3.87. The van der Waals surface area contributed by atoms with Crippen molar-refractivity contribution in [3.8, 4) is 0 Å². The highest BCUT2D eigenvalue weighted by atomic mass is 79.9. The summed E-state index contributed by atoms with van der Waals surface area (Å²) in [5, 5.41) is 3.32. The van der Waals surface area contributed by atoms with E-state index in [-0.39, 0.29) is 0 Å². The van der Waals surface area contributed by atoms with Crippen molar-refractivity contribution in [2.24, 2.45) is 0 Å². The molecule has 0 amide bonds. The van der Waals surface area contributed by atoms with Crippen LogP contribution in [0.15, 0.2) is 22.8 Å². The van der Waals surface area contributed by atoms with Gasteiger partial charge in [0.25, 0.3) is 0 Å². The van der Waals surface area contributed by atoms with Crippen LogP contribution in [-0.4, -0.2) is 31.2 Å². The number of aromatic nitrogens is 1. The Morgan fingerprint density at radius 1 is 1.31 bits per heavy atom. The van der Waals surface area contributed by atoms with E-state index in [2.05, 4.69) is 37.2 Å². The number of nitrogens with one attached hydrogen (secondary N) is 1. The lowest BCUT2D eigenvalue weighted by molar-refractivity contribution is 0.584. The molecule has 0 aromatic carbocycles. The molecule has 0 aliphatic carbocycles. The first kappa shape index (κ1) is 8.97. The molecule has 1 aliphatic heterocycles. The van der Waals surface area contributed by atoms with E-state index in [1.807, 2.05) is 12.1 Å². The van der Waals surface area contributed by atoms with Crippen LogP contribution in [0.3, 0.4) is 0 Å². The van der Waals surface area contributed by atoms with Gasteiger partial charge in [-0.25, -0.2) is 4.98 Å². The van der Waals surface area contributed by atoms with Gasteiger partial charge in [-0.3, -0.25) is 0 Å². The number of piperazine rings is 1. The summed E-state index contributed by atoms with van der Waals surface area (Å²) in [5.74, 6) is 1.07. The van der Waals surface area contributed by atoms with Crippen molar-refractivity contribution in [3.63, 3.8) is 0 Å². The van der Waals surface area contributed by atoms with Crippen LogP contribution >= 0.6 is 15.9 Å². The van der Waals surface area contributed by atoms with E-state index in [1.54, 1.807) is 0 Å². The van der Waals surface area contributed by atoms with Crippen LogP contribution < -0.4 is 10.2 Å². The van der Waals surface area contributed by atoms with Crippen molar-refractivity contribution in [2.45, 2.75) is 0 Å². The maximum atomic E-state index is 4.41. The quantitative estimate of drug-likeness (QED) is 0.751. The Labute approximate surface area is 86.3 Å². The Hall–Kier alpha value is -0.610. The van der Waals surface area contributed by atoms with Gasteiger partial charge in [0.15, 0.2) is 0 Å². The van der Waals surface area contributed by atoms with Gasteiger partial charge in [-0.2, -0.15) is 0 Å². The highest BCUT2D eigenvalue weighted by Crippen LogP contribution is 2.14. The van der Waals surface area contributed by atoms with Crippen molar-refractivity contribution in [3.05, 3.63) is 22.8 Å². The van der Waals surface area contributed by atoms with Gasteiger partial charge < -0.3 is 10.2 Å². The van der Waals surface area contributed by atoms with Gasteiger partial charge in [-0.15, -0.1) is 0 Å². The minimum absolute atomic E-state index is 0.906.